The molecular formula is C14H11NOS. The Hall–Kier alpha value is -1.87. The summed E-state index contributed by atoms with van der Waals surface area (Å²) in [7, 11) is 0. The van der Waals surface area contributed by atoms with E-state index < -0.39 is 0 Å². The Morgan fingerprint density at radius 2 is 1.71 bits per heavy atom. The van der Waals surface area contributed by atoms with E-state index in [1.165, 1.54) is 10.3 Å². The van der Waals surface area contributed by atoms with Crippen LogP contribution in [0.4, 0.5) is 0 Å². The second-order valence-corrected chi connectivity index (χ2v) is 4.91. The van der Waals surface area contributed by atoms with Gasteiger partial charge in [-0.2, -0.15) is 0 Å². The molecule has 3 rings (SSSR count). The van der Waals surface area contributed by atoms with E-state index in [1.54, 1.807) is 23.9 Å². The lowest BCUT2D eigenvalue weighted by molar-refractivity contribution is 0.475. The molecule has 2 N–H and O–H groups in total. The van der Waals surface area contributed by atoms with E-state index in [9.17, 15) is 5.11 Å². The molecule has 0 saturated carbocycles. The topological polar surface area (TPSA) is 36.0 Å². The highest BCUT2D eigenvalue weighted by molar-refractivity contribution is 7.99. The number of H-pyrrole nitrogens is 1. The zero-order valence-electron chi connectivity index (χ0n) is 9.05. The van der Waals surface area contributed by atoms with E-state index in [-0.39, 0.29) is 0 Å². The largest absolute Gasteiger partial charge is 0.508 e. The van der Waals surface area contributed by atoms with Crippen LogP contribution >= 0.6 is 11.8 Å². The molecule has 0 atom stereocenters. The van der Waals surface area contributed by atoms with Gasteiger partial charge >= 0.3 is 0 Å². The van der Waals surface area contributed by atoms with Crippen LogP contribution < -0.4 is 0 Å². The van der Waals surface area contributed by atoms with Gasteiger partial charge in [-0.25, -0.2) is 0 Å². The predicted molar refractivity (Wildman–Crippen MR) is 70.5 cm³/mol. The average molecular weight is 241 g/mol. The number of phenolic OH excluding ortho intramolecular Hbond substituents is 1. The molecular weight excluding hydrogens is 230 g/mol. The number of aromatic nitrogens is 1. The number of fused-ring (bicyclic) bond motifs is 1. The Labute approximate surface area is 103 Å². The SMILES string of the molecule is Oc1ccc(Sc2c[nH]c3ccccc23)cc1. The maximum Gasteiger partial charge on any atom is 0.115 e. The molecule has 0 amide bonds. The van der Waals surface area contributed by atoms with Crippen LogP contribution in [0.5, 0.6) is 5.75 Å². The fourth-order valence-electron chi connectivity index (χ4n) is 1.77. The van der Waals surface area contributed by atoms with E-state index in [0.29, 0.717) is 5.75 Å². The molecule has 0 aliphatic heterocycles. The van der Waals surface area contributed by atoms with Crippen molar-refractivity contribution < 1.29 is 5.11 Å². The van der Waals surface area contributed by atoms with Gasteiger partial charge < -0.3 is 10.1 Å². The summed E-state index contributed by atoms with van der Waals surface area (Å²) in [4.78, 5) is 5.57. The van der Waals surface area contributed by atoms with E-state index in [1.807, 2.05) is 30.5 Å². The first kappa shape index (κ1) is 10.3. The van der Waals surface area contributed by atoms with Gasteiger partial charge in [0.2, 0.25) is 0 Å². The smallest absolute Gasteiger partial charge is 0.115 e. The third kappa shape index (κ3) is 2.01. The Bertz CT molecular complexity index is 643. The number of hydrogen-bond acceptors (Lipinski definition) is 2. The van der Waals surface area contributed by atoms with Crippen LogP contribution in [-0.4, -0.2) is 10.1 Å². The van der Waals surface area contributed by atoms with Gasteiger partial charge in [0.05, 0.1) is 0 Å². The minimum Gasteiger partial charge on any atom is -0.508 e. The van der Waals surface area contributed by atoms with Gasteiger partial charge in [-0.1, -0.05) is 30.0 Å². The summed E-state index contributed by atoms with van der Waals surface area (Å²) in [5.41, 5.74) is 1.15. The molecule has 2 aromatic carbocycles. The first-order chi connectivity index (χ1) is 8.33. The van der Waals surface area contributed by atoms with Crippen molar-refractivity contribution in [3.05, 3.63) is 54.7 Å². The summed E-state index contributed by atoms with van der Waals surface area (Å²) in [6.07, 6.45) is 2.02. The number of aromatic hydroxyl groups is 1. The lowest BCUT2D eigenvalue weighted by atomic mass is 10.2. The number of phenols is 1. The van der Waals surface area contributed by atoms with Crippen molar-refractivity contribution in [2.45, 2.75) is 9.79 Å². The molecule has 0 radical (unpaired) electrons. The molecule has 0 unspecified atom stereocenters. The molecule has 0 aliphatic carbocycles. The van der Waals surface area contributed by atoms with E-state index in [4.69, 9.17) is 0 Å². The van der Waals surface area contributed by atoms with Gasteiger partial charge in [-0.3, -0.25) is 0 Å². The highest BCUT2D eigenvalue weighted by atomic mass is 32.2. The van der Waals surface area contributed by atoms with E-state index in [0.717, 1.165) is 10.4 Å². The summed E-state index contributed by atoms with van der Waals surface area (Å²) in [5, 5.41) is 10.5. The quantitative estimate of drug-likeness (QED) is 0.710. The van der Waals surface area contributed by atoms with Crippen molar-refractivity contribution in [3.63, 3.8) is 0 Å². The second-order valence-electron chi connectivity index (χ2n) is 3.79. The second kappa shape index (κ2) is 4.18. The number of hydrogen-bond donors (Lipinski definition) is 2. The zero-order valence-corrected chi connectivity index (χ0v) is 9.87. The van der Waals surface area contributed by atoms with Crippen molar-refractivity contribution in [1.82, 2.24) is 4.98 Å². The van der Waals surface area contributed by atoms with Crippen molar-refractivity contribution in [1.29, 1.82) is 0 Å². The van der Waals surface area contributed by atoms with Crippen LogP contribution in [-0.2, 0) is 0 Å². The minimum absolute atomic E-state index is 0.299. The monoisotopic (exact) mass is 241 g/mol. The van der Waals surface area contributed by atoms with E-state index >= 15 is 0 Å². The van der Waals surface area contributed by atoms with Gasteiger partial charge in [0.15, 0.2) is 0 Å². The molecule has 0 spiro atoms. The number of nitrogens with one attached hydrogen (secondary N) is 1. The Morgan fingerprint density at radius 1 is 0.941 bits per heavy atom. The van der Waals surface area contributed by atoms with Crippen LogP contribution in [0.3, 0.4) is 0 Å². The van der Waals surface area contributed by atoms with Gasteiger partial charge in [0.25, 0.3) is 0 Å². The van der Waals surface area contributed by atoms with Crippen molar-refractivity contribution in [3.8, 4) is 5.75 Å². The maximum absolute atomic E-state index is 9.24. The molecule has 3 heteroatoms. The van der Waals surface area contributed by atoms with Crippen LogP contribution in [0.1, 0.15) is 0 Å². The van der Waals surface area contributed by atoms with Gasteiger partial charge in [0.1, 0.15) is 5.75 Å². The highest BCUT2D eigenvalue weighted by Gasteiger charge is 2.04. The van der Waals surface area contributed by atoms with Crippen LogP contribution in [0.2, 0.25) is 0 Å². The Morgan fingerprint density at radius 3 is 2.53 bits per heavy atom. The van der Waals surface area contributed by atoms with Crippen molar-refractivity contribution in [2.24, 2.45) is 0 Å². The Balaban J connectivity index is 1.97. The fourth-order valence-corrected chi connectivity index (χ4v) is 2.70. The predicted octanol–water partition coefficient (Wildman–Crippen LogP) is 4.02. The first-order valence-electron chi connectivity index (χ1n) is 5.36. The van der Waals surface area contributed by atoms with Crippen LogP contribution in [0, 0.1) is 0 Å². The molecule has 1 heterocycles. The van der Waals surface area contributed by atoms with Gasteiger partial charge in [-0.15, -0.1) is 0 Å². The summed E-state index contributed by atoms with van der Waals surface area (Å²) >= 11 is 1.69. The summed E-state index contributed by atoms with van der Waals surface area (Å²) in [6.45, 7) is 0. The first-order valence-corrected chi connectivity index (χ1v) is 6.17. The van der Waals surface area contributed by atoms with Crippen LogP contribution in [0.15, 0.2) is 64.5 Å². The highest BCUT2D eigenvalue weighted by Crippen LogP contribution is 2.33. The normalized spacial score (nSPS) is 10.8. The fraction of sp³-hybridized carbons (Fsp3) is 0. The molecule has 2 nitrogen and oxygen atoms in total. The third-order valence-corrected chi connectivity index (χ3v) is 3.68. The van der Waals surface area contributed by atoms with E-state index in [2.05, 4.69) is 17.1 Å². The molecule has 3 aromatic rings. The zero-order chi connectivity index (χ0) is 11.7. The summed E-state index contributed by atoms with van der Waals surface area (Å²) < 4.78 is 0. The van der Waals surface area contributed by atoms with Crippen molar-refractivity contribution >= 4 is 22.7 Å². The lowest BCUT2D eigenvalue weighted by Crippen LogP contribution is -1.71. The minimum atomic E-state index is 0.299. The van der Waals surface area contributed by atoms with Crippen molar-refractivity contribution in [2.75, 3.05) is 0 Å². The molecule has 17 heavy (non-hydrogen) atoms. The molecule has 84 valence electrons. The standard InChI is InChI=1S/C14H11NOS/c16-10-5-7-11(8-6-10)17-14-9-15-13-4-2-1-3-12(13)14/h1-9,15-16H. The Kier molecular flexibility index (Phi) is 2.53. The number of rotatable bonds is 2. The summed E-state index contributed by atoms with van der Waals surface area (Å²) in [6, 6.07) is 15.5. The lowest BCUT2D eigenvalue weighted by Gasteiger charge is -2.00. The van der Waals surface area contributed by atoms with Crippen LogP contribution in [0.25, 0.3) is 10.9 Å². The number of benzene rings is 2. The average Bonchev–Trinajstić information content (AvgIpc) is 2.76. The maximum atomic E-state index is 9.24. The molecule has 1 aromatic heterocycles. The number of aromatic amines is 1. The molecule has 0 fully saturated rings. The molecule has 0 bridgehead atoms. The summed E-state index contributed by atoms with van der Waals surface area (Å²) in [5.74, 6) is 0.299. The molecule has 0 saturated heterocycles. The van der Waals surface area contributed by atoms with Gasteiger partial charge in [-0.05, 0) is 30.3 Å². The van der Waals surface area contributed by atoms with Gasteiger partial charge in [0, 0.05) is 26.9 Å². The molecule has 0 aliphatic rings. The third-order valence-electron chi connectivity index (χ3n) is 2.62. The number of para-hydroxylation sites is 1.